The van der Waals surface area contributed by atoms with Gasteiger partial charge in [-0.15, -0.1) is 0 Å². The molecule has 8 nitrogen and oxygen atoms in total. The Labute approximate surface area is 171 Å². The molecule has 0 unspecified atom stereocenters. The highest BCUT2D eigenvalue weighted by molar-refractivity contribution is 6.00. The Kier molecular flexibility index (Phi) is 5.81. The SMILES string of the molecule is CCNC(=O)Cn1c(=O)c(C(N)=O)c(O)c2nc(C)c(Cc3ccc(F)cc3)cc21. The molecule has 9 heteroatoms. The Balaban J connectivity index is 2.23. The van der Waals surface area contributed by atoms with E-state index in [1.54, 1.807) is 32.0 Å². The Morgan fingerprint density at radius 3 is 2.53 bits per heavy atom. The average Bonchev–Trinajstić information content (AvgIpc) is 2.68. The number of primary amides is 1. The van der Waals surface area contributed by atoms with Crippen molar-refractivity contribution in [3.05, 3.63) is 68.9 Å². The molecule has 0 radical (unpaired) electrons. The predicted octanol–water partition coefficient (Wildman–Crippen LogP) is 1.38. The van der Waals surface area contributed by atoms with Gasteiger partial charge in [0.05, 0.1) is 5.52 Å². The summed E-state index contributed by atoms with van der Waals surface area (Å²) in [5, 5.41) is 13.1. The molecule has 30 heavy (non-hydrogen) atoms. The Hall–Kier alpha value is -3.75. The topological polar surface area (TPSA) is 127 Å². The number of nitrogens with one attached hydrogen (secondary N) is 1. The summed E-state index contributed by atoms with van der Waals surface area (Å²) in [7, 11) is 0. The fraction of sp³-hybridized carbons (Fsp3) is 0.238. The summed E-state index contributed by atoms with van der Waals surface area (Å²) in [6.45, 7) is 3.43. The standard InChI is InChI=1S/C21H21FN4O4/c1-3-24-16(27)10-26-15-9-13(8-12-4-6-14(22)7-5-12)11(2)25-18(15)19(28)17(20(23)29)21(26)30/h4-7,9,28H,3,8,10H2,1-2H3,(H2,23,29)(H,24,27). The van der Waals surface area contributed by atoms with Gasteiger partial charge < -0.3 is 16.2 Å². The van der Waals surface area contributed by atoms with E-state index in [1.807, 2.05) is 0 Å². The summed E-state index contributed by atoms with van der Waals surface area (Å²) in [6.07, 6.45) is 0.392. The van der Waals surface area contributed by atoms with Gasteiger partial charge in [0.1, 0.15) is 23.4 Å². The van der Waals surface area contributed by atoms with E-state index < -0.39 is 28.7 Å². The minimum atomic E-state index is -1.11. The molecule has 4 N–H and O–H groups in total. The van der Waals surface area contributed by atoms with Gasteiger partial charge in [0, 0.05) is 12.2 Å². The van der Waals surface area contributed by atoms with E-state index in [4.69, 9.17) is 5.73 Å². The van der Waals surface area contributed by atoms with Crippen molar-refractivity contribution in [1.82, 2.24) is 14.9 Å². The lowest BCUT2D eigenvalue weighted by Crippen LogP contribution is -2.36. The number of fused-ring (bicyclic) bond motifs is 1. The molecule has 2 heterocycles. The van der Waals surface area contributed by atoms with Crippen molar-refractivity contribution in [3.63, 3.8) is 0 Å². The second-order valence-electron chi connectivity index (χ2n) is 6.84. The smallest absolute Gasteiger partial charge is 0.268 e. The second kappa shape index (κ2) is 8.32. The lowest BCUT2D eigenvalue weighted by Gasteiger charge is -2.15. The van der Waals surface area contributed by atoms with Crippen LogP contribution >= 0.6 is 0 Å². The molecule has 3 aromatic rings. The second-order valence-corrected chi connectivity index (χ2v) is 6.84. The van der Waals surface area contributed by atoms with E-state index in [-0.39, 0.29) is 23.4 Å². The number of halogens is 1. The zero-order chi connectivity index (χ0) is 22.0. The number of likely N-dealkylation sites (N-methyl/N-ethyl adjacent to an activating group) is 1. The monoisotopic (exact) mass is 412 g/mol. The van der Waals surface area contributed by atoms with Crippen molar-refractivity contribution in [2.45, 2.75) is 26.8 Å². The summed E-state index contributed by atoms with van der Waals surface area (Å²) in [5.74, 6) is -2.53. The number of amides is 2. The number of carbonyl (C=O) groups excluding carboxylic acids is 2. The molecule has 2 aromatic heterocycles. The van der Waals surface area contributed by atoms with Crippen LogP contribution in [0.1, 0.15) is 34.1 Å². The number of aromatic hydroxyl groups is 1. The van der Waals surface area contributed by atoms with Crippen LogP contribution in [0.15, 0.2) is 35.1 Å². The number of pyridine rings is 2. The zero-order valence-electron chi connectivity index (χ0n) is 16.5. The lowest BCUT2D eigenvalue weighted by molar-refractivity contribution is -0.121. The van der Waals surface area contributed by atoms with Gasteiger partial charge in [-0.25, -0.2) is 9.37 Å². The fourth-order valence-corrected chi connectivity index (χ4v) is 3.26. The number of aryl methyl sites for hydroxylation is 1. The van der Waals surface area contributed by atoms with Gasteiger partial charge >= 0.3 is 0 Å². The van der Waals surface area contributed by atoms with E-state index in [0.29, 0.717) is 24.2 Å². The van der Waals surface area contributed by atoms with E-state index >= 15 is 0 Å². The van der Waals surface area contributed by atoms with Crippen molar-refractivity contribution in [3.8, 4) is 5.75 Å². The number of hydrogen-bond donors (Lipinski definition) is 3. The van der Waals surface area contributed by atoms with Crippen molar-refractivity contribution in [2.24, 2.45) is 5.73 Å². The van der Waals surface area contributed by atoms with Crippen LogP contribution < -0.4 is 16.6 Å². The molecule has 0 spiro atoms. The third kappa shape index (κ3) is 4.00. The van der Waals surface area contributed by atoms with Crippen LogP contribution in [-0.4, -0.2) is 33.0 Å². The van der Waals surface area contributed by atoms with E-state index in [0.717, 1.165) is 10.1 Å². The maximum absolute atomic E-state index is 13.2. The summed E-state index contributed by atoms with van der Waals surface area (Å²) in [4.78, 5) is 41.1. The summed E-state index contributed by atoms with van der Waals surface area (Å²) < 4.78 is 14.3. The third-order valence-corrected chi connectivity index (χ3v) is 4.74. The first-order valence-corrected chi connectivity index (χ1v) is 9.29. The number of nitrogens with two attached hydrogens (primary N) is 1. The van der Waals surface area contributed by atoms with E-state index in [1.165, 1.54) is 12.1 Å². The predicted molar refractivity (Wildman–Crippen MR) is 109 cm³/mol. The van der Waals surface area contributed by atoms with Crippen LogP contribution in [0, 0.1) is 12.7 Å². The molecule has 156 valence electrons. The van der Waals surface area contributed by atoms with Crippen LogP contribution in [0.3, 0.4) is 0 Å². The number of benzene rings is 1. The first-order valence-electron chi connectivity index (χ1n) is 9.29. The molecule has 0 aliphatic heterocycles. The van der Waals surface area contributed by atoms with Crippen LogP contribution in [0.2, 0.25) is 0 Å². The maximum Gasteiger partial charge on any atom is 0.268 e. The van der Waals surface area contributed by atoms with E-state index in [2.05, 4.69) is 10.3 Å². The van der Waals surface area contributed by atoms with Crippen LogP contribution in [0.25, 0.3) is 11.0 Å². The maximum atomic E-state index is 13.2. The molecule has 0 aliphatic carbocycles. The quantitative estimate of drug-likeness (QED) is 0.564. The van der Waals surface area contributed by atoms with Gasteiger partial charge in [-0.3, -0.25) is 19.0 Å². The fourth-order valence-electron chi connectivity index (χ4n) is 3.26. The highest BCUT2D eigenvalue weighted by atomic mass is 19.1. The number of aromatic nitrogens is 2. The molecule has 0 saturated carbocycles. The van der Waals surface area contributed by atoms with Crippen molar-refractivity contribution in [1.29, 1.82) is 0 Å². The third-order valence-electron chi connectivity index (χ3n) is 4.74. The van der Waals surface area contributed by atoms with Crippen LogP contribution in [-0.2, 0) is 17.8 Å². The summed E-state index contributed by atoms with van der Waals surface area (Å²) in [5.41, 5.74) is 6.03. The minimum absolute atomic E-state index is 0.00643. The molecule has 3 rings (SSSR count). The molecule has 0 bridgehead atoms. The largest absolute Gasteiger partial charge is 0.505 e. The average molecular weight is 412 g/mol. The molecule has 0 aliphatic rings. The zero-order valence-corrected chi connectivity index (χ0v) is 16.5. The molecule has 0 saturated heterocycles. The van der Waals surface area contributed by atoms with Crippen molar-refractivity contribution in [2.75, 3.05) is 6.54 Å². The Morgan fingerprint density at radius 1 is 1.27 bits per heavy atom. The Morgan fingerprint density at radius 2 is 1.93 bits per heavy atom. The molecule has 1 aromatic carbocycles. The van der Waals surface area contributed by atoms with E-state index in [9.17, 15) is 23.9 Å². The van der Waals surface area contributed by atoms with Crippen LogP contribution in [0.4, 0.5) is 4.39 Å². The van der Waals surface area contributed by atoms with Gasteiger partial charge in [0.15, 0.2) is 5.75 Å². The Bertz CT molecular complexity index is 1200. The van der Waals surface area contributed by atoms with Crippen molar-refractivity contribution >= 4 is 22.8 Å². The highest BCUT2D eigenvalue weighted by Gasteiger charge is 2.23. The summed E-state index contributed by atoms with van der Waals surface area (Å²) in [6, 6.07) is 7.58. The molecular formula is C21H21FN4O4. The molecule has 0 fully saturated rings. The number of carbonyl (C=O) groups is 2. The molecule has 2 amide bonds. The lowest BCUT2D eigenvalue weighted by atomic mass is 10.0. The number of hydrogen-bond acceptors (Lipinski definition) is 5. The van der Waals surface area contributed by atoms with Gasteiger partial charge in [-0.1, -0.05) is 12.1 Å². The van der Waals surface area contributed by atoms with Gasteiger partial charge in [-0.05, 0) is 49.6 Å². The molecular weight excluding hydrogens is 391 g/mol. The van der Waals surface area contributed by atoms with Crippen molar-refractivity contribution < 1.29 is 19.1 Å². The van der Waals surface area contributed by atoms with Gasteiger partial charge in [0.25, 0.3) is 11.5 Å². The minimum Gasteiger partial charge on any atom is -0.505 e. The highest BCUT2D eigenvalue weighted by Crippen LogP contribution is 2.27. The van der Waals surface area contributed by atoms with Crippen LogP contribution in [0.5, 0.6) is 5.75 Å². The normalized spacial score (nSPS) is 10.9. The number of rotatable bonds is 6. The first kappa shape index (κ1) is 21.0. The van der Waals surface area contributed by atoms with Gasteiger partial charge in [0.2, 0.25) is 5.91 Å². The number of nitrogens with zero attached hydrogens (tertiary/aromatic N) is 2. The first-order chi connectivity index (χ1) is 14.2. The molecule has 0 atom stereocenters. The summed E-state index contributed by atoms with van der Waals surface area (Å²) >= 11 is 0. The van der Waals surface area contributed by atoms with Gasteiger partial charge in [-0.2, -0.15) is 0 Å².